The third kappa shape index (κ3) is 3.97. The van der Waals surface area contributed by atoms with Crippen LogP contribution in [-0.2, 0) is 4.79 Å². The van der Waals surface area contributed by atoms with Crippen LogP contribution < -0.4 is 10.5 Å². The molecular formula is C23H18ClN3O2S. The molecule has 7 heteroatoms. The van der Waals surface area contributed by atoms with Gasteiger partial charge in [0, 0.05) is 12.7 Å². The lowest BCUT2D eigenvalue weighted by Crippen LogP contribution is -2.28. The molecule has 0 radical (unpaired) electrons. The Morgan fingerprint density at radius 3 is 2.43 bits per heavy atom. The van der Waals surface area contributed by atoms with E-state index < -0.39 is 0 Å². The van der Waals surface area contributed by atoms with E-state index in [2.05, 4.69) is 4.98 Å². The normalized spacial score (nSPS) is 10.9. The van der Waals surface area contributed by atoms with E-state index in [9.17, 15) is 9.59 Å². The van der Waals surface area contributed by atoms with Crippen molar-refractivity contribution >= 4 is 45.9 Å². The molecule has 4 aromatic rings. The lowest BCUT2D eigenvalue weighted by atomic mass is 10.2. The van der Waals surface area contributed by atoms with Crippen LogP contribution in [0.5, 0.6) is 0 Å². The molecule has 1 amide bonds. The summed E-state index contributed by atoms with van der Waals surface area (Å²) in [5.41, 5.74) is 1.70. The Kier molecular flexibility index (Phi) is 5.88. The van der Waals surface area contributed by atoms with Gasteiger partial charge in [-0.2, -0.15) is 0 Å². The Morgan fingerprint density at radius 2 is 1.67 bits per heavy atom. The molecule has 0 fully saturated rings. The fraction of sp³-hybridized carbons (Fsp3) is 0.0870. The van der Waals surface area contributed by atoms with E-state index in [1.165, 1.54) is 16.3 Å². The van der Waals surface area contributed by atoms with Crippen molar-refractivity contribution in [3.8, 4) is 5.69 Å². The zero-order valence-corrected chi connectivity index (χ0v) is 17.7. The minimum Gasteiger partial charge on any atom is -0.315 e. The number of aromatic nitrogens is 2. The monoisotopic (exact) mass is 435 g/mol. The Labute approximate surface area is 182 Å². The molecule has 0 atom stereocenters. The highest BCUT2D eigenvalue weighted by Gasteiger charge is 2.18. The Balaban J connectivity index is 1.73. The number of anilines is 1. The number of hydrogen-bond donors (Lipinski definition) is 0. The molecule has 0 aliphatic rings. The molecule has 0 saturated carbocycles. The average Bonchev–Trinajstić information content (AvgIpc) is 2.78. The summed E-state index contributed by atoms with van der Waals surface area (Å²) >= 11 is 7.59. The van der Waals surface area contributed by atoms with Crippen LogP contribution in [0.1, 0.15) is 0 Å². The lowest BCUT2D eigenvalue weighted by Gasteiger charge is -2.18. The molecule has 0 spiro atoms. The highest BCUT2D eigenvalue weighted by Crippen LogP contribution is 2.26. The number of benzene rings is 3. The average molecular weight is 436 g/mol. The van der Waals surface area contributed by atoms with Gasteiger partial charge in [-0.1, -0.05) is 65.8 Å². The summed E-state index contributed by atoms with van der Waals surface area (Å²) in [4.78, 5) is 32.2. The van der Waals surface area contributed by atoms with E-state index in [1.807, 2.05) is 42.5 Å². The van der Waals surface area contributed by atoms with Crippen molar-refractivity contribution in [2.45, 2.75) is 5.16 Å². The van der Waals surface area contributed by atoms with Crippen LogP contribution in [0.25, 0.3) is 16.6 Å². The van der Waals surface area contributed by atoms with Gasteiger partial charge in [0.2, 0.25) is 5.91 Å². The van der Waals surface area contributed by atoms with Gasteiger partial charge in [0.25, 0.3) is 5.56 Å². The molecule has 0 N–H and O–H groups in total. The van der Waals surface area contributed by atoms with E-state index in [4.69, 9.17) is 11.6 Å². The van der Waals surface area contributed by atoms with Gasteiger partial charge in [-0.3, -0.25) is 14.2 Å². The van der Waals surface area contributed by atoms with Gasteiger partial charge in [-0.05, 0) is 36.4 Å². The fourth-order valence-electron chi connectivity index (χ4n) is 3.07. The number of fused-ring (bicyclic) bond motifs is 1. The van der Waals surface area contributed by atoms with E-state index in [1.54, 1.807) is 48.3 Å². The molecule has 1 aromatic heterocycles. The summed E-state index contributed by atoms with van der Waals surface area (Å²) < 4.78 is 1.48. The fourth-order valence-corrected chi connectivity index (χ4v) is 4.21. The van der Waals surface area contributed by atoms with Crippen LogP contribution >= 0.6 is 23.4 Å². The highest BCUT2D eigenvalue weighted by molar-refractivity contribution is 7.99. The van der Waals surface area contributed by atoms with Gasteiger partial charge in [0.15, 0.2) is 5.16 Å². The number of carbonyl (C=O) groups excluding carboxylic acids is 1. The number of rotatable bonds is 5. The van der Waals surface area contributed by atoms with Gasteiger partial charge in [0.05, 0.1) is 27.4 Å². The molecule has 0 aliphatic carbocycles. The first-order valence-corrected chi connectivity index (χ1v) is 10.6. The third-order valence-corrected chi connectivity index (χ3v) is 5.92. The zero-order chi connectivity index (χ0) is 21.1. The summed E-state index contributed by atoms with van der Waals surface area (Å²) in [6, 6.07) is 23.7. The number of hydrogen-bond acceptors (Lipinski definition) is 4. The maximum atomic E-state index is 13.3. The van der Waals surface area contributed by atoms with Crippen molar-refractivity contribution < 1.29 is 4.79 Å². The van der Waals surface area contributed by atoms with Gasteiger partial charge >= 0.3 is 0 Å². The Bertz CT molecular complexity index is 1270. The maximum Gasteiger partial charge on any atom is 0.266 e. The first-order valence-electron chi connectivity index (χ1n) is 9.27. The van der Waals surface area contributed by atoms with E-state index >= 15 is 0 Å². The predicted octanol–water partition coefficient (Wildman–Crippen LogP) is 4.79. The molecule has 0 aliphatic heterocycles. The van der Waals surface area contributed by atoms with Crippen LogP contribution in [0.15, 0.2) is 88.8 Å². The van der Waals surface area contributed by atoms with Crippen LogP contribution in [0.3, 0.4) is 0 Å². The van der Waals surface area contributed by atoms with Crippen LogP contribution in [0.2, 0.25) is 5.02 Å². The Morgan fingerprint density at radius 1 is 1.00 bits per heavy atom. The summed E-state index contributed by atoms with van der Waals surface area (Å²) in [7, 11) is 1.73. The second-order valence-electron chi connectivity index (χ2n) is 6.58. The molecular weight excluding hydrogens is 418 g/mol. The quantitative estimate of drug-likeness (QED) is 0.334. The number of para-hydroxylation sites is 3. The Hall–Kier alpha value is -3.09. The first kappa shape index (κ1) is 20.2. The maximum absolute atomic E-state index is 13.3. The van der Waals surface area contributed by atoms with Crippen molar-refractivity contribution in [3.63, 3.8) is 0 Å². The molecule has 0 saturated heterocycles. The standard InChI is InChI=1S/C23H18ClN3O2S/c1-26(16-9-3-2-4-10-16)21(28)15-30-23-25-19-13-7-5-11-17(19)22(29)27(23)20-14-8-6-12-18(20)24/h2-14H,15H2,1H3. The SMILES string of the molecule is CN(C(=O)CSc1nc2ccccc2c(=O)n1-c1ccccc1Cl)c1ccccc1. The van der Waals surface area contributed by atoms with Crippen LogP contribution in [0.4, 0.5) is 5.69 Å². The second kappa shape index (κ2) is 8.73. The molecule has 0 unspecified atom stereocenters. The summed E-state index contributed by atoms with van der Waals surface area (Å²) in [5, 5.41) is 1.35. The second-order valence-corrected chi connectivity index (χ2v) is 7.93. The molecule has 150 valence electrons. The predicted molar refractivity (Wildman–Crippen MR) is 123 cm³/mol. The highest BCUT2D eigenvalue weighted by atomic mass is 35.5. The smallest absolute Gasteiger partial charge is 0.266 e. The van der Waals surface area contributed by atoms with Crippen molar-refractivity contribution in [1.82, 2.24) is 9.55 Å². The zero-order valence-electron chi connectivity index (χ0n) is 16.2. The van der Waals surface area contributed by atoms with Crippen molar-refractivity contribution in [1.29, 1.82) is 0 Å². The van der Waals surface area contributed by atoms with Crippen molar-refractivity contribution in [3.05, 3.63) is 94.2 Å². The topological polar surface area (TPSA) is 55.2 Å². The van der Waals surface area contributed by atoms with E-state index in [0.717, 1.165) is 5.69 Å². The molecule has 4 rings (SSSR count). The largest absolute Gasteiger partial charge is 0.315 e. The number of carbonyl (C=O) groups is 1. The summed E-state index contributed by atoms with van der Waals surface area (Å²) in [5.74, 6) is 0.0278. The van der Waals surface area contributed by atoms with Gasteiger partial charge < -0.3 is 4.90 Å². The number of thioether (sulfide) groups is 1. The number of halogens is 1. The molecule has 5 nitrogen and oxygen atoms in total. The first-order chi connectivity index (χ1) is 14.6. The molecule has 3 aromatic carbocycles. The summed E-state index contributed by atoms with van der Waals surface area (Å²) in [6.45, 7) is 0. The lowest BCUT2D eigenvalue weighted by molar-refractivity contribution is -0.115. The summed E-state index contributed by atoms with van der Waals surface area (Å²) in [6.07, 6.45) is 0. The molecule has 30 heavy (non-hydrogen) atoms. The molecule has 0 bridgehead atoms. The van der Waals surface area contributed by atoms with E-state index in [-0.39, 0.29) is 17.2 Å². The van der Waals surface area contributed by atoms with Crippen LogP contribution in [-0.4, -0.2) is 28.3 Å². The van der Waals surface area contributed by atoms with Crippen LogP contribution in [0, 0.1) is 0 Å². The minimum atomic E-state index is -0.222. The number of amides is 1. The molecule has 1 heterocycles. The third-order valence-electron chi connectivity index (χ3n) is 4.68. The van der Waals surface area contributed by atoms with Gasteiger partial charge in [-0.25, -0.2) is 4.98 Å². The van der Waals surface area contributed by atoms with Crippen molar-refractivity contribution in [2.75, 3.05) is 17.7 Å². The van der Waals surface area contributed by atoms with Crippen molar-refractivity contribution in [2.24, 2.45) is 0 Å². The minimum absolute atomic E-state index is 0.0979. The van der Waals surface area contributed by atoms with E-state index in [0.29, 0.717) is 26.8 Å². The van der Waals surface area contributed by atoms with Gasteiger partial charge in [-0.15, -0.1) is 0 Å². The van der Waals surface area contributed by atoms with Gasteiger partial charge in [0.1, 0.15) is 0 Å². The number of nitrogens with zero attached hydrogens (tertiary/aromatic N) is 3.